The Morgan fingerprint density at radius 1 is 1.23 bits per heavy atom. The number of hydrogen-bond acceptors (Lipinski definition) is 3. The van der Waals surface area contributed by atoms with E-state index in [1.165, 1.54) is 10.6 Å². The van der Waals surface area contributed by atoms with Crippen LogP contribution in [-0.4, -0.2) is 19.7 Å². The van der Waals surface area contributed by atoms with Crippen molar-refractivity contribution in [1.29, 1.82) is 0 Å². The summed E-state index contributed by atoms with van der Waals surface area (Å²) in [7, 11) is 0. The van der Waals surface area contributed by atoms with Crippen molar-refractivity contribution in [3.8, 4) is 17.1 Å². The molecule has 3 aromatic rings. The van der Waals surface area contributed by atoms with Crippen molar-refractivity contribution in [1.82, 2.24) is 14.6 Å². The second-order valence-corrected chi connectivity index (χ2v) is 4.90. The number of phenolic OH excluding ortho intramolecular Hbond substituents is 1. The van der Waals surface area contributed by atoms with Crippen LogP contribution in [0.3, 0.4) is 0 Å². The highest BCUT2D eigenvalue weighted by molar-refractivity contribution is 7.71. The molecule has 22 heavy (non-hydrogen) atoms. The van der Waals surface area contributed by atoms with E-state index in [0.29, 0.717) is 6.07 Å². The zero-order valence-electron chi connectivity index (χ0n) is 10.6. The number of rotatable bonds is 1. The molecule has 2 aromatic heterocycles. The van der Waals surface area contributed by atoms with Crippen LogP contribution in [-0.2, 0) is 6.18 Å². The molecule has 4 nitrogen and oxygen atoms in total. The minimum absolute atomic E-state index is 0.0138. The van der Waals surface area contributed by atoms with Crippen molar-refractivity contribution in [3.05, 3.63) is 46.5 Å². The van der Waals surface area contributed by atoms with Gasteiger partial charge in [-0.25, -0.2) is 4.39 Å². The highest BCUT2D eigenvalue weighted by Gasteiger charge is 2.31. The van der Waals surface area contributed by atoms with Crippen LogP contribution in [0.25, 0.3) is 16.9 Å². The van der Waals surface area contributed by atoms with Gasteiger partial charge in [-0.15, -0.1) is 0 Å². The smallest absolute Gasteiger partial charge is 0.416 e. The summed E-state index contributed by atoms with van der Waals surface area (Å²) in [5.41, 5.74) is -0.952. The van der Waals surface area contributed by atoms with Gasteiger partial charge in [0.15, 0.2) is 11.6 Å². The third-order valence-electron chi connectivity index (χ3n) is 3.11. The van der Waals surface area contributed by atoms with Crippen molar-refractivity contribution < 1.29 is 22.7 Å². The Labute approximate surface area is 125 Å². The maximum absolute atomic E-state index is 13.7. The van der Waals surface area contributed by atoms with Gasteiger partial charge in [-0.2, -0.15) is 18.3 Å². The number of nitrogens with one attached hydrogen (secondary N) is 1. The first-order valence-corrected chi connectivity index (χ1v) is 6.35. The Balaban J connectivity index is 2.25. The average molecular weight is 329 g/mol. The lowest BCUT2D eigenvalue weighted by atomic mass is 10.1. The van der Waals surface area contributed by atoms with E-state index < -0.39 is 23.3 Å². The number of H-pyrrole nitrogens is 1. The van der Waals surface area contributed by atoms with Crippen LogP contribution >= 0.6 is 12.2 Å². The average Bonchev–Trinajstić information content (AvgIpc) is 2.82. The third kappa shape index (κ3) is 2.23. The topological polar surface area (TPSA) is 53.3 Å². The molecule has 0 fully saturated rings. The molecule has 1 aromatic carbocycles. The molecule has 0 bridgehead atoms. The highest BCUT2D eigenvalue weighted by Crippen LogP contribution is 2.36. The number of aromatic nitrogens is 3. The number of aromatic hydroxyl groups is 1. The second kappa shape index (κ2) is 4.80. The first kappa shape index (κ1) is 14.5. The Kier molecular flexibility index (Phi) is 3.17. The number of alkyl halides is 3. The molecule has 0 atom stereocenters. The lowest BCUT2D eigenvalue weighted by Crippen LogP contribution is -2.05. The Morgan fingerprint density at radius 3 is 2.59 bits per heavy atom. The predicted octanol–water partition coefficient (Wildman–Crippen LogP) is 3.92. The van der Waals surface area contributed by atoms with Crippen molar-refractivity contribution in [2.24, 2.45) is 0 Å². The molecule has 0 amide bonds. The normalized spacial score (nSPS) is 12.0. The SMILES string of the molecule is Oc1cc(C(F)(F)F)ccc1-c1n[nH]c(=S)c2c(F)ccn12. The lowest BCUT2D eigenvalue weighted by molar-refractivity contribution is -0.137. The van der Waals surface area contributed by atoms with E-state index in [9.17, 15) is 22.7 Å². The van der Waals surface area contributed by atoms with Gasteiger partial charge in [0.05, 0.1) is 11.1 Å². The summed E-state index contributed by atoms with van der Waals surface area (Å²) in [5.74, 6) is -1.18. The van der Waals surface area contributed by atoms with Gasteiger partial charge in [0.25, 0.3) is 0 Å². The summed E-state index contributed by atoms with van der Waals surface area (Å²) in [4.78, 5) is 0. The van der Waals surface area contributed by atoms with Crippen LogP contribution in [0.5, 0.6) is 5.75 Å². The van der Waals surface area contributed by atoms with E-state index in [0.717, 1.165) is 18.2 Å². The minimum atomic E-state index is -4.57. The molecule has 0 radical (unpaired) electrons. The lowest BCUT2D eigenvalue weighted by Gasteiger charge is -2.11. The van der Waals surface area contributed by atoms with E-state index in [1.807, 2.05) is 0 Å². The van der Waals surface area contributed by atoms with Crippen LogP contribution in [0, 0.1) is 10.5 Å². The quantitative estimate of drug-likeness (QED) is 0.525. The number of benzene rings is 1. The molecule has 0 aliphatic heterocycles. The first-order chi connectivity index (χ1) is 10.3. The van der Waals surface area contributed by atoms with Gasteiger partial charge < -0.3 is 5.11 Å². The standard InChI is InChI=1S/C13H7F4N3OS/c14-8-3-4-20-10(8)12(22)19-18-11(20)7-2-1-6(5-9(7)21)13(15,16)17/h1-5,21H,(H,19,22). The predicted molar refractivity (Wildman–Crippen MR) is 72.4 cm³/mol. The summed E-state index contributed by atoms with van der Waals surface area (Å²) in [5, 5.41) is 16.1. The van der Waals surface area contributed by atoms with E-state index in [2.05, 4.69) is 10.2 Å². The molecular weight excluding hydrogens is 322 g/mol. The molecule has 0 spiro atoms. The van der Waals surface area contributed by atoms with Crippen LogP contribution in [0.15, 0.2) is 30.5 Å². The van der Waals surface area contributed by atoms with Gasteiger partial charge in [0, 0.05) is 6.20 Å². The zero-order valence-corrected chi connectivity index (χ0v) is 11.5. The fourth-order valence-electron chi connectivity index (χ4n) is 2.10. The van der Waals surface area contributed by atoms with E-state index >= 15 is 0 Å². The molecule has 9 heteroatoms. The van der Waals surface area contributed by atoms with Crippen LogP contribution in [0.2, 0.25) is 0 Å². The van der Waals surface area contributed by atoms with Crippen molar-refractivity contribution in [3.63, 3.8) is 0 Å². The molecule has 0 aliphatic carbocycles. The van der Waals surface area contributed by atoms with Gasteiger partial charge in [-0.05, 0) is 24.3 Å². The van der Waals surface area contributed by atoms with Crippen LogP contribution < -0.4 is 0 Å². The summed E-state index contributed by atoms with van der Waals surface area (Å²) in [6.07, 6.45) is -3.25. The zero-order chi connectivity index (χ0) is 16.1. The van der Waals surface area contributed by atoms with Crippen molar-refractivity contribution >= 4 is 17.7 Å². The fraction of sp³-hybridized carbons (Fsp3) is 0.0769. The Hall–Kier alpha value is -2.42. The minimum Gasteiger partial charge on any atom is -0.507 e. The van der Waals surface area contributed by atoms with Gasteiger partial charge in [-0.3, -0.25) is 9.50 Å². The molecule has 0 unspecified atom stereocenters. The van der Waals surface area contributed by atoms with Crippen LogP contribution in [0.4, 0.5) is 17.6 Å². The second-order valence-electron chi connectivity index (χ2n) is 4.49. The summed E-state index contributed by atoms with van der Waals surface area (Å²) < 4.78 is 52.8. The fourth-order valence-corrected chi connectivity index (χ4v) is 2.34. The molecule has 2 N–H and O–H groups in total. The first-order valence-electron chi connectivity index (χ1n) is 5.95. The largest absolute Gasteiger partial charge is 0.507 e. The molecule has 0 saturated heterocycles. The molecule has 114 valence electrons. The maximum atomic E-state index is 13.7. The number of hydrogen-bond donors (Lipinski definition) is 2. The van der Waals surface area contributed by atoms with Gasteiger partial charge >= 0.3 is 6.18 Å². The number of nitrogens with zero attached hydrogens (tertiary/aromatic N) is 2. The summed E-state index contributed by atoms with van der Waals surface area (Å²) >= 11 is 4.92. The number of halogens is 4. The van der Waals surface area contributed by atoms with Crippen molar-refractivity contribution in [2.45, 2.75) is 6.18 Å². The molecule has 3 rings (SSSR count). The molecule has 0 saturated carbocycles. The van der Waals surface area contributed by atoms with Gasteiger partial charge in [0.2, 0.25) is 0 Å². The number of phenols is 1. The van der Waals surface area contributed by atoms with Gasteiger partial charge in [-0.1, -0.05) is 12.2 Å². The number of aromatic amines is 1. The van der Waals surface area contributed by atoms with E-state index in [4.69, 9.17) is 12.2 Å². The Morgan fingerprint density at radius 2 is 1.95 bits per heavy atom. The maximum Gasteiger partial charge on any atom is 0.416 e. The van der Waals surface area contributed by atoms with Crippen LogP contribution in [0.1, 0.15) is 5.56 Å². The molecule has 0 aliphatic rings. The van der Waals surface area contributed by atoms with Gasteiger partial charge in [0.1, 0.15) is 15.9 Å². The van der Waals surface area contributed by atoms with Crippen molar-refractivity contribution in [2.75, 3.05) is 0 Å². The summed E-state index contributed by atoms with van der Waals surface area (Å²) in [6, 6.07) is 3.61. The molecular formula is C13H7F4N3OS. The molecule has 2 heterocycles. The third-order valence-corrected chi connectivity index (χ3v) is 3.39. The summed E-state index contributed by atoms with van der Waals surface area (Å²) in [6.45, 7) is 0. The van der Waals surface area contributed by atoms with E-state index in [1.54, 1.807) is 0 Å². The highest BCUT2D eigenvalue weighted by atomic mass is 32.1. The van der Waals surface area contributed by atoms with E-state index in [-0.39, 0.29) is 21.5 Å². The monoisotopic (exact) mass is 329 g/mol. The Bertz CT molecular complexity index is 929. The number of fused-ring (bicyclic) bond motifs is 1.